The zero-order valence-corrected chi connectivity index (χ0v) is 19.6. The molecule has 1 amide bonds. The van der Waals surface area contributed by atoms with Gasteiger partial charge in [-0.3, -0.25) is 9.59 Å². The maximum atomic E-state index is 10.5. The molecule has 0 saturated carbocycles. The number of carbonyl (C=O) groups excluding carboxylic acids is 2. The minimum absolute atomic E-state index is 0.0776. The molecule has 172 valence electrons. The molecular weight excluding hydrogens is 410 g/mol. The Bertz CT molecular complexity index is 996. The zero-order chi connectivity index (χ0) is 24.3. The first-order chi connectivity index (χ1) is 16.0. The third-order valence-corrected chi connectivity index (χ3v) is 4.58. The standard InChI is InChI=1S/C18H20O.C10H10O.CH3NO/c1-15(17-13-6-7-14-18(17)19-2)9-8-12-16-10-4-3-5-11-16;1-9(11)7-8-10-5-3-2-4-6-10;2-1-3/h3-8,10-15H,9H2,1-2H3;2-8H,1H3;1H,(H2,2,3)/b12-8+;8-7+;. The molecule has 3 rings (SSSR count). The maximum Gasteiger partial charge on any atom is 0.204 e. The molecule has 0 heterocycles. The van der Waals surface area contributed by atoms with Gasteiger partial charge in [0.1, 0.15) is 5.75 Å². The minimum atomic E-state index is 0.0776. The van der Waals surface area contributed by atoms with Crippen LogP contribution in [-0.4, -0.2) is 19.3 Å². The van der Waals surface area contributed by atoms with E-state index in [0.717, 1.165) is 17.7 Å². The molecule has 0 fully saturated rings. The molecule has 0 aliphatic heterocycles. The third kappa shape index (κ3) is 11.9. The van der Waals surface area contributed by atoms with Gasteiger partial charge in [0.15, 0.2) is 5.78 Å². The Labute approximate surface area is 197 Å². The highest BCUT2D eigenvalue weighted by molar-refractivity contribution is 5.91. The van der Waals surface area contributed by atoms with Crippen LogP contribution in [-0.2, 0) is 9.59 Å². The van der Waals surface area contributed by atoms with Crippen molar-refractivity contribution >= 4 is 24.3 Å². The number of allylic oxidation sites excluding steroid dienone is 2. The molecule has 0 aliphatic rings. The summed E-state index contributed by atoms with van der Waals surface area (Å²) in [7, 11) is 1.73. The van der Waals surface area contributed by atoms with Crippen LogP contribution in [0.3, 0.4) is 0 Å². The Kier molecular flexibility index (Phi) is 13.7. The molecule has 0 bridgehead atoms. The third-order valence-electron chi connectivity index (χ3n) is 4.58. The van der Waals surface area contributed by atoms with Crippen molar-refractivity contribution in [3.63, 3.8) is 0 Å². The smallest absolute Gasteiger partial charge is 0.204 e. The van der Waals surface area contributed by atoms with Gasteiger partial charge < -0.3 is 10.5 Å². The number of ketones is 1. The van der Waals surface area contributed by atoms with E-state index in [2.05, 4.69) is 61.2 Å². The molecule has 4 nitrogen and oxygen atoms in total. The first-order valence-electron chi connectivity index (χ1n) is 10.7. The van der Waals surface area contributed by atoms with Crippen molar-refractivity contribution in [2.75, 3.05) is 7.11 Å². The zero-order valence-electron chi connectivity index (χ0n) is 19.6. The van der Waals surface area contributed by atoms with Crippen molar-refractivity contribution in [2.24, 2.45) is 5.73 Å². The van der Waals surface area contributed by atoms with Crippen LogP contribution < -0.4 is 10.5 Å². The van der Waals surface area contributed by atoms with Gasteiger partial charge in [-0.1, -0.05) is 104 Å². The number of amides is 1. The fourth-order valence-corrected chi connectivity index (χ4v) is 2.95. The predicted molar refractivity (Wildman–Crippen MR) is 138 cm³/mol. The van der Waals surface area contributed by atoms with Crippen LogP contribution in [0, 0.1) is 0 Å². The van der Waals surface area contributed by atoms with Crippen molar-refractivity contribution in [2.45, 2.75) is 26.2 Å². The van der Waals surface area contributed by atoms with Crippen LogP contribution in [0.25, 0.3) is 12.2 Å². The van der Waals surface area contributed by atoms with E-state index >= 15 is 0 Å². The molecule has 0 aromatic heterocycles. The van der Waals surface area contributed by atoms with Crippen LogP contribution in [0.5, 0.6) is 5.75 Å². The lowest BCUT2D eigenvalue weighted by Gasteiger charge is -2.13. The Morgan fingerprint density at radius 1 is 0.879 bits per heavy atom. The average Bonchev–Trinajstić information content (AvgIpc) is 2.85. The quantitative estimate of drug-likeness (QED) is 0.344. The Hall–Kier alpha value is -3.92. The van der Waals surface area contributed by atoms with Gasteiger partial charge in [-0.15, -0.1) is 0 Å². The first kappa shape index (κ1) is 27.1. The normalized spacial score (nSPS) is 11.0. The number of rotatable bonds is 7. The molecule has 2 N–H and O–H groups in total. The number of hydrogen-bond donors (Lipinski definition) is 1. The SMILES string of the molecule is CC(=O)/C=C/c1ccccc1.COc1ccccc1C(C)C/C=C/c1ccccc1.NC=O. The molecule has 33 heavy (non-hydrogen) atoms. The number of hydrogen-bond acceptors (Lipinski definition) is 3. The van der Waals surface area contributed by atoms with Crippen LogP contribution in [0.1, 0.15) is 42.9 Å². The van der Waals surface area contributed by atoms with Gasteiger partial charge in [-0.05, 0) is 48.1 Å². The van der Waals surface area contributed by atoms with Gasteiger partial charge >= 0.3 is 0 Å². The molecule has 0 radical (unpaired) electrons. The van der Waals surface area contributed by atoms with Crippen LogP contribution >= 0.6 is 0 Å². The molecule has 1 atom stereocenters. The van der Waals surface area contributed by atoms with Gasteiger partial charge in [0.2, 0.25) is 6.41 Å². The number of benzene rings is 3. The van der Waals surface area contributed by atoms with E-state index in [9.17, 15) is 4.79 Å². The van der Waals surface area contributed by atoms with E-state index in [0.29, 0.717) is 5.92 Å². The predicted octanol–water partition coefficient (Wildman–Crippen LogP) is 6.29. The van der Waals surface area contributed by atoms with Crippen molar-refractivity contribution in [3.8, 4) is 5.75 Å². The highest BCUT2D eigenvalue weighted by Gasteiger charge is 2.08. The highest BCUT2D eigenvalue weighted by atomic mass is 16.5. The van der Waals surface area contributed by atoms with Crippen LogP contribution in [0.4, 0.5) is 0 Å². The van der Waals surface area contributed by atoms with E-state index in [4.69, 9.17) is 9.53 Å². The highest BCUT2D eigenvalue weighted by Crippen LogP contribution is 2.28. The number of nitrogens with two attached hydrogens (primary N) is 1. The largest absolute Gasteiger partial charge is 0.496 e. The summed E-state index contributed by atoms with van der Waals surface area (Å²) in [5, 5.41) is 0. The lowest BCUT2D eigenvalue weighted by atomic mass is 9.96. The molecule has 0 spiro atoms. The van der Waals surface area contributed by atoms with E-state index in [1.807, 2.05) is 54.6 Å². The lowest BCUT2D eigenvalue weighted by Crippen LogP contribution is -1.96. The maximum absolute atomic E-state index is 10.5. The molecule has 0 saturated heterocycles. The van der Waals surface area contributed by atoms with E-state index in [1.165, 1.54) is 11.1 Å². The monoisotopic (exact) mass is 443 g/mol. The number of para-hydroxylation sites is 1. The summed E-state index contributed by atoms with van der Waals surface area (Å²) in [6, 6.07) is 28.4. The number of ether oxygens (including phenoxy) is 1. The van der Waals surface area contributed by atoms with E-state index in [1.54, 1.807) is 20.1 Å². The van der Waals surface area contributed by atoms with Crippen molar-refractivity contribution in [1.82, 2.24) is 0 Å². The number of methoxy groups -OCH3 is 1. The summed E-state index contributed by atoms with van der Waals surface area (Å²) < 4.78 is 5.41. The van der Waals surface area contributed by atoms with E-state index < -0.39 is 0 Å². The summed E-state index contributed by atoms with van der Waals surface area (Å²) in [4.78, 5) is 19.1. The summed E-state index contributed by atoms with van der Waals surface area (Å²) >= 11 is 0. The Morgan fingerprint density at radius 3 is 1.88 bits per heavy atom. The van der Waals surface area contributed by atoms with Gasteiger partial charge in [-0.2, -0.15) is 0 Å². The molecule has 4 heteroatoms. The van der Waals surface area contributed by atoms with Crippen molar-refractivity contribution < 1.29 is 14.3 Å². The van der Waals surface area contributed by atoms with Gasteiger partial charge in [-0.25, -0.2) is 0 Å². The van der Waals surface area contributed by atoms with Crippen molar-refractivity contribution in [3.05, 3.63) is 114 Å². The second-order valence-electron chi connectivity index (χ2n) is 7.18. The summed E-state index contributed by atoms with van der Waals surface area (Å²) in [5.74, 6) is 1.51. The molecule has 3 aromatic rings. The molecule has 3 aromatic carbocycles. The fraction of sp³-hybridized carbons (Fsp3) is 0.172. The number of carbonyl (C=O) groups is 2. The van der Waals surface area contributed by atoms with Crippen LogP contribution in [0.2, 0.25) is 0 Å². The lowest BCUT2D eigenvalue weighted by molar-refractivity contribution is -0.112. The minimum Gasteiger partial charge on any atom is -0.496 e. The number of primary amides is 1. The summed E-state index contributed by atoms with van der Waals surface area (Å²) in [6.45, 7) is 3.77. The summed E-state index contributed by atoms with van der Waals surface area (Å²) in [5.41, 5.74) is 7.74. The second kappa shape index (κ2) is 16.7. The Balaban J connectivity index is 0.000000329. The van der Waals surface area contributed by atoms with Gasteiger partial charge in [0, 0.05) is 0 Å². The van der Waals surface area contributed by atoms with E-state index in [-0.39, 0.29) is 12.2 Å². The fourth-order valence-electron chi connectivity index (χ4n) is 2.95. The van der Waals surface area contributed by atoms with Gasteiger partial charge in [0.25, 0.3) is 0 Å². The van der Waals surface area contributed by atoms with Crippen molar-refractivity contribution in [1.29, 1.82) is 0 Å². The summed E-state index contributed by atoms with van der Waals surface area (Å²) in [6.07, 6.45) is 9.03. The van der Waals surface area contributed by atoms with Gasteiger partial charge in [0.05, 0.1) is 7.11 Å². The second-order valence-corrected chi connectivity index (χ2v) is 7.18. The first-order valence-corrected chi connectivity index (χ1v) is 10.7. The topological polar surface area (TPSA) is 69.4 Å². The van der Waals surface area contributed by atoms with Crippen LogP contribution in [0.15, 0.2) is 97.1 Å². The Morgan fingerprint density at radius 2 is 1.36 bits per heavy atom. The molecule has 1 unspecified atom stereocenters. The molecular formula is C29H33NO3. The average molecular weight is 444 g/mol. The molecule has 0 aliphatic carbocycles.